The molecule has 0 spiro atoms. The zero-order chi connectivity index (χ0) is 15.3. The normalized spacial score (nSPS) is 13.2. The van der Waals surface area contributed by atoms with Gasteiger partial charge < -0.3 is 0 Å². The standard InChI is InChI=1S/C14H20N4O2S/c1-3-11-18-14(8-10-16-18)21(19,20)17-12(4-2)13-7-5-6-9-15-13/h5-10,12,17H,3-4,11H2,1-2H3/t12-/m0/s1. The lowest BCUT2D eigenvalue weighted by molar-refractivity contribution is 0.508. The van der Waals surface area contributed by atoms with Crippen molar-refractivity contribution in [3.8, 4) is 0 Å². The lowest BCUT2D eigenvalue weighted by Crippen LogP contribution is -2.30. The van der Waals surface area contributed by atoms with E-state index in [2.05, 4.69) is 14.8 Å². The van der Waals surface area contributed by atoms with Gasteiger partial charge in [-0.3, -0.25) is 9.67 Å². The van der Waals surface area contributed by atoms with E-state index in [4.69, 9.17) is 0 Å². The molecule has 7 heteroatoms. The molecule has 2 aromatic heterocycles. The second-order valence-electron chi connectivity index (χ2n) is 4.73. The minimum absolute atomic E-state index is 0.193. The van der Waals surface area contributed by atoms with Crippen molar-refractivity contribution in [2.24, 2.45) is 0 Å². The van der Waals surface area contributed by atoms with Gasteiger partial charge in [0.05, 0.1) is 17.9 Å². The van der Waals surface area contributed by atoms with Crippen molar-refractivity contribution in [3.63, 3.8) is 0 Å². The van der Waals surface area contributed by atoms with E-state index in [9.17, 15) is 8.42 Å². The number of rotatable bonds is 7. The topological polar surface area (TPSA) is 76.9 Å². The molecule has 0 radical (unpaired) electrons. The Bertz CT molecular complexity index is 667. The molecule has 0 amide bonds. The van der Waals surface area contributed by atoms with Gasteiger partial charge in [-0.25, -0.2) is 13.1 Å². The molecule has 0 aliphatic heterocycles. The van der Waals surface area contributed by atoms with E-state index in [1.54, 1.807) is 12.3 Å². The summed E-state index contributed by atoms with van der Waals surface area (Å²) in [5, 5.41) is 4.25. The van der Waals surface area contributed by atoms with Crippen LogP contribution in [0.25, 0.3) is 0 Å². The smallest absolute Gasteiger partial charge is 0.258 e. The van der Waals surface area contributed by atoms with Crippen molar-refractivity contribution < 1.29 is 8.42 Å². The maximum Gasteiger partial charge on any atom is 0.258 e. The first-order valence-corrected chi connectivity index (χ1v) is 8.52. The molecule has 1 atom stereocenters. The van der Waals surface area contributed by atoms with Crippen LogP contribution in [0, 0.1) is 0 Å². The molecule has 1 N–H and O–H groups in total. The van der Waals surface area contributed by atoms with Gasteiger partial charge in [-0.2, -0.15) is 5.10 Å². The quantitative estimate of drug-likeness (QED) is 0.850. The van der Waals surface area contributed by atoms with Crippen LogP contribution >= 0.6 is 0 Å². The third kappa shape index (κ3) is 3.68. The van der Waals surface area contributed by atoms with E-state index in [1.165, 1.54) is 16.9 Å². The summed E-state index contributed by atoms with van der Waals surface area (Å²) in [6.45, 7) is 4.48. The first kappa shape index (κ1) is 15.7. The number of aryl methyl sites for hydroxylation is 1. The van der Waals surface area contributed by atoms with Gasteiger partial charge >= 0.3 is 0 Å². The zero-order valence-electron chi connectivity index (χ0n) is 12.2. The largest absolute Gasteiger partial charge is 0.260 e. The maximum atomic E-state index is 12.5. The highest BCUT2D eigenvalue weighted by atomic mass is 32.2. The highest BCUT2D eigenvalue weighted by molar-refractivity contribution is 7.89. The SMILES string of the molecule is CCCn1nccc1S(=O)(=O)N[C@@H](CC)c1ccccn1. The summed E-state index contributed by atoms with van der Waals surface area (Å²) in [6.07, 6.45) is 4.61. The third-order valence-electron chi connectivity index (χ3n) is 3.14. The Balaban J connectivity index is 2.25. The van der Waals surface area contributed by atoms with Crippen molar-refractivity contribution in [2.45, 2.75) is 44.3 Å². The predicted octanol–water partition coefficient (Wildman–Crippen LogP) is 2.12. The maximum absolute atomic E-state index is 12.5. The summed E-state index contributed by atoms with van der Waals surface area (Å²) >= 11 is 0. The Kier molecular flexibility index (Phi) is 5.08. The van der Waals surface area contributed by atoms with Gasteiger partial charge in [0.15, 0.2) is 5.03 Å². The lowest BCUT2D eigenvalue weighted by atomic mass is 10.1. The van der Waals surface area contributed by atoms with Gasteiger partial charge in [0, 0.05) is 12.7 Å². The molecule has 2 heterocycles. The fourth-order valence-electron chi connectivity index (χ4n) is 2.11. The van der Waals surface area contributed by atoms with Gasteiger partial charge in [0.2, 0.25) is 0 Å². The van der Waals surface area contributed by atoms with Gasteiger partial charge in [-0.1, -0.05) is 19.9 Å². The molecular weight excluding hydrogens is 288 g/mol. The van der Waals surface area contributed by atoms with Gasteiger partial charge in [-0.05, 0) is 31.0 Å². The van der Waals surface area contributed by atoms with Crippen LogP contribution in [-0.2, 0) is 16.6 Å². The molecule has 2 aromatic rings. The Hall–Kier alpha value is -1.73. The summed E-state index contributed by atoms with van der Waals surface area (Å²) in [5.41, 5.74) is 0.713. The van der Waals surface area contributed by atoms with Gasteiger partial charge in [0.1, 0.15) is 0 Å². The van der Waals surface area contributed by atoms with Crippen molar-refractivity contribution >= 4 is 10.0 Å². The molecule has 0 saturated carbocycles. The molecule has 114 valence electrons. The molecule has 21 heavy (non-hydrogen) atoms. The molecule has 0 aliphatic carbocycles. The first-order valence-electron chi connectivity index (χ1n) is 7.03. The fraction of sp³-hybridized carbons (Fsp3) is 0.429. The number of hydrogen-bond donors (Lipinski definition) is 1. The predicted molar refractivity (Wildman–Crippen MR) is 80.1 cm³/mol. The van der Waals surface area contributed by atoms with Crippen molar-refractivity contribution in [3.05, 3.63) is 42.4 Å². The highest BCUT2D eigenvalue weighted by Gasteiger charge is 2.24. The number of aromatic nitrogens is 3. The summed E-state index contributed by atoms with van der Waals surface area (Å²) in [7, 11) is -3.62. The molecule has 0 unspecified atom stereocenters. The van der Waals surface area contributed by atoms with E-state index >= 15 is 0 Å². The van der Waals surface area contributed by atoms with E-state index in [-0.39, 0.29) is 11.1 Å². The van der Waals surface area contributed by atoms with Gasteiger partial charge in [-0.15, -0.1) is 0 Å². The summed E-state index contributed by atoms with van der Waals surface area (Å²) in [4.78, 5) is 4.22. The molecular formula is C14H20N4O2S. The number of sulfonamides is 1. The van der Waals surface area contributed by atoms with E-state index < -0.39 is 10.0 Å². The van der Waals surface area contributed by atoms with Crippen molar-refractivity contribution in [1.29, 1.82) is 0 Å². The van der Waals surface area contributed by atoms with Crippen LogP contribution in [0.5, 0.6) is 0 Å². The van der Waals surface area contributed by atoms with Crippen LogP contribution in [0.4, 0.5) is 0 Å². The molecule has 0 bridgehead atoms. The van der Waals surface area contributed by atoms with E-state index in [1.807, 2.05) is 26.0 Å². The second kappa shape index (κ2) is 6.82. The number of pyridine rings is 1. The van der Waals surface area contributed by atoms with Crippen LogP contribution in [0.15, 0.2) is 41.7 Å². The van der Waals surface area contributed by atoms with Gasteiger partial charge in [0.25, 0.3) is 10.0 Å². The lowest BCUT2D eigenvalue weighted by Gasteiger charge is -2.17. The minimum atomic E-state index is -3.62. The van der Waals surface area contributed by atoms with Crippen LogP contribution < -0.4 is 4.72 Å². The molecule has 0 saturated heterocycles. The Morgan fingerprint density at radius 1 is 1.24 bits per heavy atom. The van der Waals surface area contributed by atoms with Crippen molar-refractivity contribution in [2.75, 3.05) is 0 Å². The number of nitrogens with zero attached hydrogens (tertiary/aromatic N) is 3. The Morgan fingerprint density at radius 2 is 2.05 bits per heavy atom. The van der Waals surface area contributed by atoms with Crippen LogP contribution in [-0.4, -0.2) is 23.2 Å². The molecule has 0 aliphatic rings. The fourth-order valence-corrected chi connectivity index (χ4v) is 3.55. The Morgan fingerprint density at radius 3 is 2.67 bits per heavy atom. The average molecular weight is 308 g/mol. The Labute approximate surface area is 125 Å². The summed E-state index contributed by atoms with van der Waals surface area (Å²) in [6, 6.07) is 6.64. The summed E-state index contributed by atoms with van der Waals surface area (Å²) < 4.78 is 29.3. The molecule has 6 nitrogen and oxygen atoms in total. The van der Waals surface area contributed by atoms with Crippen molar-refractivity contribution in [1.82, 2.24) is 19.5 Å². The monoisotopic (exact) mass is 308 g/mol. The molecule has 0 aromatic carbocycles. The zero-order valence-corrected chi connectivity index (χ0v) is 13.0. The first-order chi connectivity index (χ1) is 10.1. The van der Waals surface area contributed by atoms with Crippen LogP contribution in [0.1, 0.15) is 38.4 Å². The van der Waals surface area contributed by atoms with Crippen LogP contribution in [0.3, 0.4) is 0 Å². The minimum Gasteiger partial charge on any atom is -0.260 e. The van der Waals surface area contributed by atoms with Crippen LogP contribution in [0.2, 0.25) is 0 Å². The highest BCUT2D eigenvalue weighted by Crippen LogP contribution is 2.18. The van der Waals surface area contributed by atoms with E-state index in [0.29, 0.717) is 18.7 Å². The summed E-state index contributed by atoms with van der Waals surface area (Å²) in [5.74, 6) is 0. The molecule has 0 fully saturated rings. The van der Waals surface area contributed by atoms with E-state index in [0.717, 1.165) is 6.42 Å². The average Bonchev–Trinajstić information content (AvgIpc) is 2.95. The number of nitrogens with one attached hydrogen (secondary N) is 1. The number of hydrogen-bond acceptors (Lipinski definition) is 4. The molecule has 2 rings (SSSR count). The second-order valence-corrected chi connectivity index (χ2v) is 6.39. The third-order valence-corrected chi connectivity index (χ3v) is 4.63.